The highest BCUT2D eigenvalue weighted by Gasteiger charge is 2.24. The minimum atomic E-state index is -1.64. The Morgan fingerprint density at radius 2 is 2.00 bits per heavy atom. The van der Waals surface area contributed by atoms with Crippen LogP contribution in [0.2, 0.25) is 0 Å². The second-order valence-corrected chi connectivity index (χ2v) is 3.55. The van der Waals surface area contributed by atoms with Crippen molar-refractivity contribution in [3.8, 4) is 0 Å². The van der Waals surface area contributed by atoms with Gasteiger partial charge in [-0.15, -0.1) is 0 Å². The molecule has 0 aliphatic rings. The van der Waals surface area contributed by atoms with E-state index in [-0.39, 0.29) is 18.1 Å². The van der Waals surface area contributed by atoms with Gasteiger partial charge in [-0.25, -0.2) is 4.39 Å². The SMILES string of the molecule is CC(=O)N[C@@H](Cc1ccc(F)cc1)B(O)O. The van der Waals surface area contributed by atoms with E-state index in [1.54, 1.807) is 0 Å². The Labute approximate surface area is 93.2 Å². The Morgan fingerprint density at radius 1 is 1.44 bits per heavy atom. The summed E-state index contributed by atoms with van der Waals surface area (Å²) in [6.45, 7) is 1.29. The summed E-state index contributed by atoms with van der Waals surface area (Å²) < 4.78 is 12.6. The molecule has 0 radical (unpaired) electrons. The largest absolute Gasteiger partial charge is 0.475 e. The summed E-state index contributed by atoms with van der Waals surface area (Å²) in [5.74, 6) is -1.49. The van der Waals surface area contributed by atoms with Crippen LogP contribution in [0.15, 0.2) is 24.3 Å². The van der Waals surface area contributed by atoms with E-state index in [1.165, 1.54) is 31.2 Å². The molecule has 1 aromatic rings. The molecule has 16 heavy (non-hydrogen) atoms. The summed E-state index contributed by atoms with van der Waals surface area (Å²) in [6, 6.07) is 5.63. The Kier molecular flexibility index (Phi) is 4.45. The maximum Gasteiger partial charge on any atom is 0.475 e. The average Bonchev–Trinajstić information content (AvgIpc) is 2.19. The second kappa shape index (κ2) is 5.62. The van der Waals surface area contributed by atoms with Gasteiger partial charge in [0.05, 0.1) is 5.94 Å². The van der Waals surface area contributed by atoms with Gasteiger partial charge in [-0.2, -0.15) is 0 Å². The normalized spacial score (nSPS) is 12.0. The molecule has 0 heterocycles. The molecule has 1 aromatic carbocycles. The first-order valence-electron chi connectivity index (χ1n) is 4.86. The van der Waals surface area contributed by atoms with Crippen molar-refractivity contribution >= 4 is 13.0 Å². The van der Waals surface area contributed by atoms with Crippen LogP contribution in [-0.4, -0.2) is 29.0 Å². The van der Waals surface area contributed by atoms with E-state index in [2.05, 4.69) is 5.32 Å². The van der Waals surface area contributed by atoms with E-state index >= 15 is 0 Å². The van der Waals surface area contributed by atoms with Crippen LogP contribution < -0.4 is 5.32 Å². The zero-order chi connectivity index (χ0) is 12.1. The predicted molar refractivity (Wildman–Crippen MR) is 57.9 cm³/mol. The maximum absolute atomic E-state index is 12.6. The molecule has 0 unspecified atom stereocenters. The van der Waals surface area contributed by atoms with Gasteiger partial charge in [0.15, 0.2) is 0 Å². The van der Waals surface area contributed by atoms with Gasteiger partial charge < -0.3 is 15.4 Å². The van der Waals surface area contributed by atoms with Crippen LogP contribution in [0.3, 0.4) is 0 Å². The van der Waals surface area contributed by atoms with Crippen molar-refractivity contribution < 1.29 is 19.2 Å². The van der Waals surface area contributed by atoms with Crippen molar-refractivity contribution in [1.82, 2.24) is 5.32 Å². The Morgan fingerprint density at radius 3 is 2.44 bits per heavy atom. The fraction of sp³-hybridized carbons (Fsp3) is 0.300. The lowest BCUT2D eigenvalue weighted by Crippen LogP contribution is -2.47. The first kappa shape index (κ1) is 12.7. The summed E-state index contributed by atoms with van der Waals surface area (Å²) in [6.07, 6.45) is 0.234. The van der Waals surface area contributed by atoms with E-state index in [4.69, 9.17) is 10.0 Å². The topological polar surface area (TPSA) is 69.6 Å². The molecule has 0 bridgehead atoms. The lowest BCUT2D eigenvalue weighted by atomic mass is 9.76. The van der Waals surface area contributed by atoms with Crippen molar-refractivity contribution in [1.29, 1.82) is 0 Å². The number of carbonyl (C=O) groups is 1. The summed E-state index contributed by atoms with van der Waals surface area (Å²) in [5.41, 5.74) is 0.716. The maximum atomic E-state index is 12.6. The van der Waals surface area contributed by atoms with Gasteiger partial charge in [0, 0.05) is 6.92 Å². The van der Waals surface area contributed by atoms with Crippen molar-refractivity contribution in [2.24, 2.45) is 0 Å². The number of hydrogen-bond donors (Lipinski definition) is 3. The average molecular weight is 225 g/mol. The fourth-order valence-corrected chi connectivity index (χ4v) is 1.37. The molecule has 6 heteroatoms. The minimum absolute atomic E-state index is 0.234. The van der Waals surface area contributed by atoms with E-state index in [0.29, 0.717) is 5.56 Å². The highest BCUT2D eigenvalue weighted by molar-refractivity contribution is 6.43. The zero-order valence-corrected chi connectivity index (χ0v) is 8.85. The molecule has 1 rings (SSSR count). The number of nitrogens with one attached hydrogen (secondary N) is 1. The van der Waals surface area contributed by atoms with E-state index in [9.17, 15) is 9.18 Å². The standard InChI is InChI=1S/C10H13BFNO3/c1-7(14)13-10(11(15)16)6-8-2-4-9(12)5-3-8/h2-5,10,15-16H,6H2,1H3,(H,13,14)/t10-/m0/s1. The quantitative estimate of drug-likeness (QED) is 0.626. The minimum Gasteiger partial charge on any atom is -0.426 e. The van der Waals surface area contributed by atoms with Crippen LogP contribution in [0.5, 0.6) is 0 Å². The van der Waals surface area contributed by atoms with Gasteiger partial charge in [0.1, 0.15) is 5.82 Å². The highest BCUT2D eigenvalue weighted by atomic mass is 19.1. The molecule has 0 saturated heterocycles. The van der Waals surface area contributed by atoms with Crippen molar-refractivity contribution in [2.75, 3.05) is 0 Å². The van der Waals surface area contributed by atoms with Crippen molar-refractivity contribution in [2.45, 2.75) is 19.3 Å². The molecule has 3 N–H and O–H groups in total. The molecule has 0 aliphatic carbocycles. The summed E-state index contributed by atoms with van der Waals surface area (Å²) >= 11 is 0. The second-order valence-electron chi connectivity index (χ2n) is 3.55. The van der Waals surface area contributed by atoms with Crippen LogP contribution in [0.25, 0.3) is 0 Å². The third-order valence-corrected chi connectivity index (χ3v) is 2.12. The van der Waals surface area contributed by atoms with Gasteiger partial charge in [-0.05, 0) is 24.1 Å². The molecule has 0 spiro atoms. The highest BCUT2D eigenvalue weighted by Crippen LogP contribution is 2.06. The summed E-state index contributed by atoms with van der Waals surface area (Å²) in [4.78, 5) is 10.8. The number of amides is 1. The number of rotatable bonds is 4. The molecule has 0 fully saturated rings. The van der Waals surface area contributed by atoms with Crippen LogP contribution in [0.4, 0.5) is 4.39 Å². The van der Waals surface area contributed by atoms with E-state index in [0.717, 1.165) is 0 Å². The lowest BCUT2D eigenvalue weighted by Gasteiger charge is -2.16. The third-order valence-electron chi connectivity index (χ3n) is 2.12. The number of carbonyl (C=O) groups excluding carboxylic acids is 1. The molecular formula is C10H13BFNO3. The van der Waals surface area contributed by atoms with Crippen LogP contribution in [0.1, 0.15) is 12.5 Å². The fourth-order valence-electron chi connectivity index (χ4n) is 1.37. The van der Waals surface area contributed by atoms with Crippen molar-refractivity contribution in [3.05, 3.63) is 35.6 Å². The molecule has 0 aromatic heterocycles. The summed E-state index contributed by atoms with van der Waals surface area (Å²) in [7, 11) is -1.64. The molecule has 86 valence electrons. The van der Waals surface area contributed by atoms with Gasteiger partial charge in [-0.1, -0.05) is 12.1 Å². The Balaban J connectivity index is 2.67. The molecule has 0 aliphatic heterocycles. The Bertz CT molecular complexity index is 356. The molecule has 4 nitrogen and oxygen atoms in total. The Hall–Kier alpha value is -1.40. The van der Waals surface area contributed by atoms with Gasteiger partial charge in [0.2, 0.25) is 5.91 Å². The van der Waals surface area contributed by atoms with E-state index in [1.807, 2.05) is 0 Å². The number of benzene rings is 1. The first-order valence-corrected chi connectivity index (χ1v) is 4.86. The van der Waals surface area contributed by atoms with Crippen molar-refractivity contribution in [3.63, 3.8) is 0 Å². The molecule has 1 atom stereocenters. The smallest absolute Gasteiger partial charge is 0.426 e. The molecular weight excluding hydrogens is 212 g/mol. The van der Waals surface area contributed by atoms with Gasteiger partial charge >= 0.3 is 7.12 Å². The number of halogens is 1. The lowest BCUT2D eigenvalue weighted by molar-refractivity contribution is -0.119. The van der Waals surface area contributed by atoms with Gasteiger partial charge in [0.25, 0.3) is 0 Å². The van der Waals surface area contributed by atoms with Gasteiger partial charge in [-0.3, -0.25) is 4.79 Å². The number of hydrogen-bond acceptors (Lipinski definition) is 3. The molecule has 1 amide bonds. The predicted octanol–water partition coefficient (Wildman–Crippen LogP) is -0.115. The van der Waals surface area contributed by atoms with E-state index < -0.39 is 13.1 Å². The summed E-state index contributed by atoms with van der Waals surface area (Å²) in [5, 5.41) is 20.5. The zero-order valence-electron chi connectivity index (χ0n) is 8.85. The first-order chi connectivity index (χ1) is 7.49. The molecule has 0 saturated carbocycles. The monoisotopic (exact) mass is 225 g/mol. The third kappa shape index (κ3) is 4.00. The van der Waals surface area contributed by atoms with Crippen LogP contribution in [-0.2, 0) is 11.2 Å². The van der Waals surface area contributed by atoms with Crippen LogP contribution in [0, 0.1) is 5.82 Å². The van der Waals surface area contributed by atoms with Crippen LogP contribution >= 0.6 is 0 Å².